The average Bonchev–Trinajstić information content (AvgIpc) is 2.64. The topological polar surface area (TPSA) is 71.5 Å². The largest absolute Gasteiger partial charge is 0.506 e. The van der Waals surface area contributed by atoms with Gasteiger partial charge in [0, 0.05) is 23.5 Å². The minimum Gasteiger partial charge on any atom is -0.506 e. The van der Waals surface area contributed by atoms with Gasteiger partial charge in [-0.2, -0.15) is 0 Å². The van der Waals surface area contributed by atoms with Crippen LogP contribution in [0.2, 0.25) is 0 Å². The first-order valence-electron chi connectivity index (χ1n) is 7.84. The molecule has 0 bridgehead atoms. The van der Waals surface area contributed by atoms with Crippen molar-refractivity contribution in [2.75, 3.05) is 5.32 Å². The molecule has 0 saturated heterocycles. The van der Waals surface area contributed by atoms with Crippen molar-refractivity contribution in [2.24, 2.45) is 0 Å². The zero-order valence-corrected chi connectivity index (χ0v) is 13.8. The van der Waals surface area contributed by atoms with Crippen molar-refractivity contribution in [1.29, 1.82) is 0 Å². The Kier molecular flexibility index (Phi) is 4.95. The van der Waals surface area contributed by atoms with E-state index in [1.807, 2.05) is 19.1 Å². The summed E-state index contributed by atoms with van der Waals surface area (Å²) in [5.41, 5.74) is 2.72. The summed E-state index contributed by atoms with van der Waals surface area (Å²) >= 11 is 0. The molecule has 25 heavy (non-hydrogen) atoms. The molecule has 0 radical (unpaired) electrons. The second-order valence-corrected chi connectivity index (χ2v) is 5.65. The maximum absolute atomic E-state index is 12.4. The highest BCUT2D eigenvalue weighted by molar-refractivity contribution is 6.05. The molecule has 3 aromatic rings. The second kappa shape index (κ2) is 7.49. The standard InChI is InChI=1S/C20H18N2O3/c1-14-7-8-19(23)18(10-14)22-20(24)16-5-2-6-17(11-16)25-13-15-4-3-9-21-12-15/h2-12,23H,13H2,1H3,(H,22,24). The predicted octanol–water partition coefficient (Wildman–Crippen LogP) is 3.93. The van der Waals surface area contributed by atoms with E-state index in [9.17, 15) is 9.90 Å². The van der Waals surface area contributed by atoms with Gasteiger partial charge >= 0.3 is 0 Å². The minimum absolute atomic E-state index is 0.0305. The molecule has 1 heterocycles. The van der Waals surface area contributed by atoms with Gasteiger partial charge in [0.25, 0.3) is 5.91 Å². The van der Waals surface area contributed by atoms with Crippen LogP contribution in [0.3, 0.4) is 0 Å². The fourth-order valence-electron chi connectivity index (χ4n) is 2.32. The lowest BCUT2D eigenvalue weighted by Gasteiger charge is -2.10. The number of aryl methyl sites for hydroxylation is 1. The lowest BCUT2D eigenvalue weighted by atomic mass is 10.1. The summed E-state index contributed by atoms with van der Waals surface area (Å²) in [5.74, 6) is 0.306. The highest BCUT2D eigenvalue weighted by atomic mass is 16.5. The van der Waals surface area contributed by atoms with Crippen LogP contribution in [0, 0.1) is 6.92 Å². The van der Waals surface area contributed by atoms with Crippen LogP contribution < -0.4 is 10.1 Å². The Hall–Kier alpha value is -3.34. The van der Waals surface area contributed by atoms with Gasteiger partial charge in [0.1, 0.15) is 18.1 Å². The SMILES string of the molecule is Cc1ccc(O)c(NC(=O)c2cccc(OCc3cccnc3)c2)c1. The highest BCUT2D eigenvalue weighted by Gasteiger charge is 2.10. The van der Waals surface area contributed by atoms with Gasteiger partial charge in [-0.05, 0) is 48.9 Å². The number of rotatable bonds is 5. The molecule has 3 rings (SSSR count). The molecule has 1 amide bonds. The number of carbonyl (C=O) groups excluding carboxylic acids is 1. The molecule has 0 aliphatic heterocycles. The van der Waals surface area contributed by atoms with E-state index in [1.54, 1.807) is 54.9 Å². The highest BCUT2D eigenvalue weighted by Crippen LogP contribution is 2.25. The predicted molar refractivity (Wildman–Crippen MR) is 95.8 cm³/mol. The van der Waals surface area contributed by atoms with Crippen LogP contribution in [0.1, 0.15) is 21.5 Å². The van der Waals surface area contributed by atoms with Gasteiger partial charge in [-0.15, -0.1) is 0 Å². The summed E-state index contributed by atoms with van der Waals surface area (Å²) in [6, 6.07) is 15.7. The van der Waals surface area contributed by atoms with Gasteiger partial charge in [-0.1, -0.05) is 18.2 Å². The number of nitrogens with zero attached hydrogens (tertiary/aromatic N) is 1. The maximum atomic E-state index is 12.4. The van der Waals surface area contributed by atoms with Gasteiger partial charge in [-0.25, -0.2) is 0 Å². The number of pyridine rings is 1. The number of phenolic OH excluding ortho intramolecular Hbond substituents is 1. The zero-order valence-electron chi connectivity index (χ0n) is 13.8. The Bertz CT molecular complexity index is 879. The molecule has 0 aliphatic rings. The number of ether oxygens (including phenoxy) is 1. The third-order valence-electron chi connectivity index (χ3n) is 3.62. The third-order valence-corrected chi connectivity index (χ3v) is 3.62. The number of hydrogen-bond acceptors (Lipinski definition) is 4. The van der Waals surface area contributed by atoms with Crippen LogP contribution in [0.5, 0.6) is 11.5 Å². The molecule has 5 nitrogen and oxygen atoms in total. The average molecular weight is 334 g/mol. The molecule has 5 heteroatoms. The van der Waals surface area contributed by atoms with E-state index >= 15 is 0 Å². The Morgan fingerprint density at radius 2 is 2.04 bits per heavy atom. The van der Waals surface area contributed by atoms with Crippen LogP contribution >= 0.6 is 0 Å². The van der Waals surface area contributed by atoms with Crippen molar-refractivity contribution >= 4 is 11.6 Å². The zero-order chi connectivity index (χ0) is 17.6. The van der Waals surface area contributed by atoms with Crippen molar-refractivity contribution in [3.8, 4) is 11.5 Å². The molecular weight excluding hydrogens is 316 g/mol. The lowest BCUT2D eigenvalue weighted by Crippen LogP contribution is -2.12. The maximum Gasteiger partial charge on any atom is 0.255 e. The molecule has 0 unspecified atom stereocenters. The summed E-state index contributed by atoms with van der Waals surface area (Å²) in [6.07, 6.45) is 3.44. The first-order chi connectivity index (χ1) is 12.1. The van der Waals surface area contributed by atoms with Gasteiger partial charge in [0.2, 0.25) is 0 Å². The van der Waals surface area contributed by atoms with Crippen LogP contribution in [0.25, 0.3) is 0 Å². The van der Waals surface area contributed by atoms with Crippen molar-refractivity contribution in [2.45, 2.75) is 13.5 Å². The molecule has 0 fully saturated rings. The van der Waals surface area contributed by atoms with Gasteiger partial charge in [0.15, 0.2) is 0 Å². The first-order valence-corrected chi connectivity index (χ1v) is 7.84. The first kappa shape index (κ1) is 16.5. The molecule has 2 aromatic carbocycles. The normalized spacial score (nSPS) is 10.3. The molecule has 1 aromatic heterocycles. The number of aromatic hydroxyl groups is 1. The number of carbonyl (C=O) groups is 1. The fraction of sp³-hybridized carbons (Fsp3) is 0.100. The third kappa shape index (κ3) is 4.35. The van der Waals surface area contributed by atoms with E-state index < -0.39 is 0 Å². The van der Waals surface area contributed by atoms with E-state index in [0.717, 1.165) is 11.1 Å². The number of hydrogen-bond donors (Lipinski definition) is 2. The summed E-state index contributed by atoms with van der Waals surface area (Å²) in [7, 11) is 0. The Morgan fingerprint density at radius 3 is 2.84 bits per heavy atom. The molecule has 0 saturated carbocycles. The Labute approximate surface area is 145 Å². The quantitative estimate of drug-likeness (QED) is 0.694. The monoisotopic (exact) mass is 334 g/mol. The number of aromatic nitrogens is 1. The van der Waals surface area contributed by atoms with Crippen molar-refractivity contribution in [3.05, 3.63) is 83.7 Å². The molecule has 126 valence electrons. The number of amides is 1. The van der Waals surface area contributed by atoms with Crippen molar-refractivity contribution in [1.82, 2.24) is 4.98 Å². The number of anilines is 1. The molecule has 0 atom stereocenters. The number of phenols is 1. The molecule has 0 aliphatic carbocycles. The summed E-state index contributed by atoms with van der Waals surface area (Å²) < 4.78 is 5.71. The molecule has 2 N–H and O–H groups in total. The summed E-state index contributed by atoms with van der Waals surface area (Å²) in [6.45, 7) is 2.26. The van der Waals surface area contributed by atoms with E-state index in [4.69, 9.17) is 4.74 Å². The number of benzene rings is 2. The second-order valence-electron chi connectivity index (χ2n) is 5.65. The molecule has 0 spiro atoms. The van der Waals surface area contributed by atoms with Gasteiger partial charge < -0.3 is 15.2 Å². The van der Waals surface area contributed by atoms with Crippen LogP contribution in [-0.4, -0.2) is 16.0 Å². The van der Waals surface area contributed by atoms with E-state index in [0.29, 0.717) is 23.6 Å². The summed E-state index contributed by atoms with van der Waals surface area (Å²) in [4.78, 5) is 16.5. The van der Waals surface area contributed by atoms with Gasteiger partial charge in [0.05, 0.1) is 5.69 Å². The van der Waals surface area contributed by atoms with E-state index in [-0.39, 0.29) is 11.7 Å². The minimum atomic E-state index is -0.312. The lowest BCUT2D eigenvalue weighted by molar-refractivity contribution is 0.102. The van der Waals surface area contributed by atoms with Crippen molar-refractivity contribution < 1.29 is 14.6 Å². The number of nitrogens with one attached hydrogen (secondary N) is 1. The van der Waals surface area contributed by atoms with Crippen LogP contribution in [0.4, 0.5) is 5.69 Å². The van der Waals surface area contributed by atoms with E-state index in [2.05, 4.69) is 10.3 Å². The Morgan fingerprint density at radius 1 is 1.16 bits per heavy atom. The fourth-order valence-corrected chi connectivity index (χ4v) is 2.32. The smallest absolute Gasteiger partial charge is 0.255 e. The van der Waals surface area contributed by atoms with Gasteiger partial charge in [-0.3, -0.25) is 9.78 Å². The van der Waals surface area contributed by atoms with Crippen molar-refractivity contribution in [3.63, 3.8) is 0 Å². The van der Waals surface area contributed by atoms with Crippen LogP contribution in [-0.2, 0) is 6.61 Å². The summed E-state index contributed by atoms with van der Waals surface area (Å²) in [5, 5.41) is 12.6. The van der Waals surface area contributed by atoms with Crippen LogP contribution in [0.15, 0.2) is 67.0 Å². The van der Waals surface area contributed by atoms with E-state index in [1.165, 1.54) is 0 Å². The molecular formula is C20H18N2O3. The Balaban J connectivity index is 1.70.